The lowest BCUT2D eigenvalue weighted by molar-refractivity contribution is 0.237. The van der Waals surface area contributed by atoms with Gasteiger partial charge in [-0.1, -0.05) is 69.7 Å². The minimum Gasteiger partial charge on any atom is -0.468 e. The van der Waals surface area contributed by atoms with Crippen LogP contribution in [-0.4, -0.2) is 5.66 Å². The largest absolute Gasteiger partial charge is 0.468 e. The Bertz CT molecular complexity index is 723. The molecule has 0 radical (unpaired) electrons. The van der Waals surface area contributed by atoms with Crippen molar-refractivity contribution in [1.82, 2.24) is 0 Å². The maximum absolute atomic E-state index is 6.69. The molecule has 0 unspecified atom stereocenters. The molecular weight excluding hydrogens is 311 g/mol. The van der Waals surface area contributed by atoms with Gasteiger partial charge in [-0.2, -0.15) is 0 Å². The van der Waals surface area contributed by atoms with Gasteiger partial charge in [0.15, 0.2) is 0 Å². The normalized spacial score (nSPS) is 28.8. The number of fused-ring (bicyclic) bond motifs is 3. The van der Waals surface area contributed by atoms with E-state index in [1.54, 1.807) is 0 Å². The van der Waals surface area contributed by atoms with E-state index in [1.165, 1.54) is 35.7 Å². The summed E-state index contributed by atoms with van der Waals surface area (Å²) in [5.41, 5.74) is 3.33. The summed E-state index contributed by atoms with van der Waals surface area (Å²) >= 11 is 0. The van der Waals surface area contributed by atoms with Crippen LogP contribution in [0.5, 0.6) is 5.75 Å². The average molecular weight is 338 g/mol. The average Bonchev–Trinajstić information content (AvgIpc) is 2.60. The standard InChI is InChI=1S/C22H27OP/c1-15(2)17-13-12-16(3)14-22(17)24-21-11-7-5-9-19(21)18-8-4-6-10-20(18)23-24/h4-11,15-17,22H,12-14H2,1-3H3/t16-,17+,22-,24+/m1/s1. The SMILES string of the molecule is CC(C)[C@@H]1CC[C@@H](C)C[C@H]1[P@@]1Oc2ccccc2-c2ccccc21. The summed E-state index contributed by atoms with van der Waals surface area (Å²) in [6.45, 7) is 7.21. The zero-order valence-corrected chi connectivity index (χ0v) is 15.8. The second-order valence-electron chi connectivity index (χ2n) is 7.82. The number of rotatable bonds is 2. The molecule has 4 rings (SSSR count). The zero-order valence-electron chi connectivity index (χ0n) is 14.9. The highest BCUT2D eigenvalue weighted by atomic mass is 31.1. The Morgan fingerprint density at radius 2 is 1.67 bits per heavy atom. The fourth-order valence-corrected chi connectivity index (χ4v) is 7.51. The zero-order chi connectivity index (χ0) is 16.7. The lowest BCUT2D eigenvalue weighted by Crippen LogP contribution is -2.35. The molecule has 1 saturated carbocycles. The molecule has 0 aromatic heterocycles. The number of para-hydroxylation sites is 1. The Morgan fingerprint density at radius 3 is 2.46 bits per heavy atom. The van der Waals surface area contributed by atoms with Crippen LogP contribution in [0.1, 0.15) is 40.0 Å². The summed E-state index contributed by atoms with van der Waals surface area (Å²) in [6.07, 6.45) is 4.04. The van der Waals surface area contributed by atoms with E-state index in [9.17, 15) is 0 Å². The van der Waals surface area contributed by atoms with Gasteiger partial charge >= 0.3 is 0 Å². The molecule has 2 aliphatic rings. The van der Waals surface area contributed by atoms with Crippen molar-refractivity contribution in [2.75, 3.05) is 0 Å². The lowest BCUT2D eigenvalue weighted by atomic mass is 9.77. The van der Waals surface area contributed by atoms with Crippen LogP contribution < -0.4 is 9.83 Å². The minimum absolute atomic E-state index is 0.591. The van der Waals surface area contributed by atoms with Gasteiger partial charge in [-0.3, -0.25) is 0 Å². The van der Waals surface area contributed by atoms with Crippen molar-refractivity contribution >= 4 is 13.5 Å². The van der Waals surface area contributed by atoms with Crippen molar-refractivity contribution in [2.24, 2.45) is 17.8 Å². The third-order valence-corrected chi connectivity index (χ3v) is 8.26. The Balaban J connectivity index is 1.78. The minimum atomic E-state index is -0.591. The summed E-state index contributed by atoms with van der Waals surface area (Å²) < 4.78 is 6.69. The molecule has 2 aromatic carbocycles. The van der Waals surface area contributed by atoms with Crippen molar-refractivity contribution in [1.29, 1.82) is 0 Å². The van der Waals surface area contributed by atoms with E-state index in [2.05, 4.69) is 69.3 Å². The molecule has 1 aliphatic heterocycles. The van der Waals surface area contributed by atoms with Crippen LogP contribution in [0, 0.1) is 17.8 Å². The van der Waals surface area contributed by atoms with Gasteiger partial charge in [0.2, 0.25) is 0 Å². The Kier molecular flexibility index (Phi) is 4.39. The quantitative estimate of drug-likeness (QED) is 0.590. The van der Waals surface area contributed by atoms with Crippen LogP contribution in [0.2, 0.25) is 0 Å². The molecule has 0 spiro atoms. The summed E-state index contributed by atoms with van der Waals surface area (Å²) in [5.74, 6) is 3.42. The fraction of sp³-hybridized carbons (Fsp3) is 0.455. The Labute approximate surface area is 147 Å². The molecule has 1 aliphatic carbocycles. The summed E-state index contributed by atoms with van der Waals surface area (Å²) in [7, 11) is -0.591. The molecule has 4 atom stereocenters. The molecule has 1 heterocycles. The predicted molar refractivity (Wildman–Crippen MR) is 104 cm³/mol. The first-order chi connectivity index (χ1) is 11.6. The first kappa shape index (κ1) is 16.2. The predicted octanol–water partition coefficient (Wildman–Crippen LogP) is 6.23. The molecular formula is C22H27OP. The molecule has 0 N–H and O–H groups in total. The molecule has 2 heteroatoms. The van der Waals surface area contributed by atoms with Gasteiger partial charge in [0.05, 0.1) is 0 Å². The summed E-state index contributed by atoms with van der Waals surface area (Å²) in [4.78, 5) is 0. The first-order valence-electron chi connectivity index (χ1n) is 9.30. The highest BCUT2D eigenvalue weighted by molar-refractivity contribution is 7.62. The lowest BCUT2D eigenvalue weighted by Gasteiger charge is -2.43. The van der Waals surface area contributed by atoms with Gasteiger partial charge < -0.3 is 4.52 Å². The van der Waals surface area contributed by atoms with Crippen molar-refractivity contribution in [2.45, 2.75) is 45.7 Å². The van der Waals surface area contributed by atoms with Gasteiger partial charge in [0, 0.05) is 16.5 Å². The third-order valence-electron chi connectivity index (χ3n) is 5.80. The van der Waals surface area contributed by atoms with Crippen LogP contribution in [0.4, 0.5) is 0 Å². The van der Waals surface area contributed by atoms with Crippen molar-refractivity contribution < 1.29 is 4.52 Å². The van der Waals surface area contributed by atoms with E-state index in [0.29, 0.717) is 5.66 Å². The van der Waals surface area contributed by atoms with E-state index < -0.39 is 8.15 Å². The van der Waals surface area contributed by atoms with Gasteiger partial charge in [0.1, 0.15) is 13.9 Å². The Hall–Kier alpha value is -1.33. The van der Waals surface area contributed by atoms with E-state index >= 15 is 0 Å². The fourth-order valence-electron chi connectivity index (χ4n) is 4.49. The van der Waals surface area contributed by atoms with Gasteiger partial charge in [-0.15, -0.1) is 0 Å². The van der Waals surface area contributed by atoms with Crippen molar-refractivity contribution in [3.05, 3.63) is 48.5 Å². The first-order valence-corrected chi connectivity index (χ1v) is 10.6. The van der Waals surface area contributed by atoms with Crippen LogP contribution in [0.3, 0.4) is 0 Å². The molecule has 126 valence electrons. The van der Waals surface area contributed by atoms with E-state index in [1.807, 2.05) is 0 Å². The number of hydrogen-bond acceptors (Lipinski definition) is 1. The van der Waals surface area contributed by atoms with Crippen LogP contribution in [0.25, 0.3) is 11.1 Å². The molecule has 1 nitrogen and oxygen atoms in total. The molecule has 2 aromatic rings. The highest BCUT2D eigenvalue weighted by Gasteiger charge is 2.41. The second kappa shape index (κ2) is 6.52. The summed E-state index contributed by atoms with van der Waals surface area (Å²) in [6, 6.07) is 17.5. The molecule has 0 bridgehead atoms. The molecule has 0 saturated heterocycles. The van der Waals surface area contributed by atoms with Crippen molar-refractivity contribution in [3.8, 4) is 16.9 Å². The smallest absolute Gasteiger partial charge is 0.131 e. The van der Waals surface area contributed by atoms with E-state index in [4.69, 9.17) is 4.52 Å². The van der Waals surface area contributed by atoms with Crippen LogP contribution in [-0.2, 0) is 0 Å². The van der Waals surface area contributed by atoms with Gasteiger partial charge in [0.25, 0.3) is 0 Å². The molecule has 0 amide bonds. The van der Waals surface area contributed by atoms with Gasteiger partial charge in [-0.25, -0.2) is 0 Å². The second-order valence-corrected chi connectivity index (χ2v) is 9.80. The van der Waals surface area contributed by atoms with Crippen LogP contribution >= 0.6 is 8.15 Å². The topological polar surface area (TPSA) is 9.23 Å². The molecule has 24 heavy (non-hydrogen) atoms. The Morgan fingerprint density at radius 1 is 0.958 bits per heavy atom. The number of hydrogen-bond donors (Lipinski definition) is 0. The maximum atomic E-state index is 6.69. The van der Waals surface area contributed by atoms with E-state index in [0.717, 1.165) is 23.5 Å². The van der Waals surface area contributed by atoms with Gasteiger partial charge in [-0.05, 0) is 42.2 Å². The highest BCUT2D eigenvalue weighted by Crippen LogP contribution is 2.57. The monoisotopic (exact) mass is 338 g/mol. The van der Waals surface area contributed by atoms with Crippen molar-refractivity contribution in [3.63, 3.8) is 0 Å². The summed E-state index contributed by atoms with van der Waals surface area (Å²) in [5, 5.41) is 1.45. The molecule has 1 fully saturated rings. The third kappa shape index (κ3) is 2.78. The van der Waals surface area contributed by atoms with Crippen LogP contribution in [0.15, 0.2) is 48.5 Å². The maximum Gasteiger partial charge on any atom is 0.131 e. The number of benzene rings is 2. The van der Waals surface area contributed by atoms with E-state index in [-0.39, 0.29) is 0 Å².